The zero-order valence-corrected chi connectivity index (χ0v) is 18.3. The van der Waals surface area contributed by atoms with E-state index in [0.717, 1.165) is 22.3 Å². The molecule has 1 heterocycles. The van der Waals surface area contributed by atoms with E-state index in [9.17, 15) is 19.5 Å². The monoisotopic (exact) mass is 460 g/mol. The Morgan fingerprint density at radius 1 is 1.09 bits per heavy atom. The Bertz CT molecular complexity index is 1190. The second-order valence-electron chi connectivity index (χ2n) is 8.68. The number of alkyl carbamates (subject to hydrolysis) is 1. The zero-order chi connectivity index (χ0) is 23.7. The van der Waals surface area contributed by atoms with Crippen LogP contribution in [0.5, 0.6) is 0 Å². The number of carbonyl (C=O) groups excluding carboxylic acids is 2. The molecule has 0 spiro atoms. The van der Waals surface area contributed by atoms with Gasteiger partial charge < -0.3 is 25.5 Å². The summed E-state index contributed by atoms with van der Waals surface area (Å²) >= 11 is 0. The Hall–Kier alpha value is -4.14. The molecule has 3 aromatic rings. The fraction of sp³-hybridized carbons (Fsp3) is 0.280. The summed E-state index contributed by atoms with van der Waals surface area (Å²) in [6.07, 6.45) is 3.14. The largest absolute Gasteiger partial charge is 0.480 e. The molecule has 1 saturated carbocycles. The quantitative estimate of drug-likeness (QED) is 0.408. The summed E-state index contributed by atoms with van der Waals surface area (Å²) in [4.78, 5) is 43.7. The summed E-state index contributed by atoms with van der Waals surface area (Å²) in [7, 11) is 0. The van der Waals surface area contributed by atoms with Crippen LogP contribution in [0.3, 0.4) is 0 Å². The van der Waals surface area contributed by atoms with Crippen molar-refractivity contribution in [3.05, 3.63) is 77.9 Å². The number of aliphatic carboxylic acids is 1. The Morgan fingerprint density at radius 2 is 1.74 bits per heavy atom. The molecule has 0 saturated heterocycles. The molecule has 9 heteroatoms. The molecule has 0 aliphatic heterocycles. The van der Waals surface area contributed by atoms with Gasteiger partial charge >= 0.3 is 12.1 Å². The standard InChI is InChI=1S/C25H24N4O5/c30-22(31)21(11-15-12-26-14-27-15)28-23(32)25(9-10-25)29-24(33)34-13-20-18-7-3-1-5-16(18)17-6-2-4-8-19(17)20/h1-8,12,14,20-21H,9-11,13H2,(H,26,27)(H,28,32)(H,29,33)(H,30,31)/t21-/m1/s1. The van der Waals surface area contributed by atoms with Crippen molar-refractivity contribution < 1.29 is 24.2 Å². The maximum absolute atomic E-state index is 12.8. The van der Waals surface area contributed by atoms with Crippen LogP contribution in [-0.4, -0.2) is 51.2 Å². The molecule has 2 amide bonds. The lowest BCUT2D eigenvalue weighted by atomic mass is 9.98. The SMILES string of the molecule is O=C(NC1(C(=O)N[C@H](Cc2cnc[nH]2)C(=O)O)CC1)OCC1c2ccccc2-c2ccccc21. The molecule has 0 unspecified atom stereocenters. The number of imidazole rings is 1. The molecule has 0 bridgehead atoms. The van der Waals surface area contributed by atoms with Crippen LogP contribution in [-0.2, 0) is 20.7 Å². The number of nitrogens with one attached hydrogen (secondary N) is 3. The third-order valence-electron chi connectivity index (χ3n) is 6.45. The number of aromatic amines is 1. The van der Waals surface area contributed by atoms with Crippen LogP contribution in [0, 0.1) is 0 Å². The molecule has 2 aliphatic rings. The lowest BCUT2D eigenvalue weighted by molar-refractivity contribution is -0.142. The molecule has 0 radical (unpaired) electrons. The van der Waals surface area contributed by atoms with Gasteiger partial charge in [0.15, 0.2) is 0 Å². The molecule has 174 valence electrons. The topological polar surface area (TPSA) is 133 Å². The first-order chi connectivity index (χ1) is 16.5. The van der Waals surface area contributed by atoms with Crippen molar-refractivity contribution in [2.24, 2.45) is 0 Å². The average Bonchev–Trinajstić information content (AvgIpc) is 3.30. The van der Waals surface area contributed by atoms with Crippen molar-refractivity contribution >= 4 is 18.0 Å². The minimum atomic E-state index is -1.17. The number of carboxylic acids is 1. The van der Waals surface area contributed by atoms with Gasteiger partial charge in [-0.25, -0.2) is 14.6 Å². The van der Waals surface area contributed by atoms with Crippen molar-refractivity contribution in [3.8, 4) is 11.1 Å². The first-order valence-corrected chi connectivity index (χ1v) is 11.1. The van der Waals surface area contributed by atoms with Crippen molar-refractivity contribution in [1.82, 2.24) is 20.6 Å². The van der Waals surface area contributed by atoms with E-state index in [1.807, 2.05) is 36.4 Å². The highest BCUT2D eigenvalue weighted by atomic mass is 16.5. The molecule has 1 atom stereocenters. The van der Waals surface area contributed by atoms with E-state index < -0.39 is 29.6 Å². The van der Waals surface area contributed by atoms with Gasteiger partial charge in [0.2, 0.25) is 5.91 Å². The summed E-state index contributed by atoms with van der Waals surface area (Å²) in [5.41, 5.74) is 3.88. The Labute approximate surface area is 195 Å². The van der Waals surface area contributed by atoms with Crippen molar-refractivity contribution in [2.45, 2.75) is 36.8 Å². The highest BCUT2D eigenvalue weighted by Gasteiger charge is 2.52. The number of rotatable bonds is 8. The highest BCUT2D eigenvalue weighted by Crippen LogP contribution is 2.44. The van der Waals surface area contributed by atoms with Crippen LogP contribution >= 0.6 is 0 Å². The number of amides is 2. The smallest absolute Gasteiger partial charge is 0.408 e. The third-order valence-corrected chi connectivity index (χ3v) is 6.45. The van der Waals surface area contributed by atoms with Gasteiger partial charge in [0.25, 0.3) is 0 Å². The zero-order valence-electron chi connectivity index (χ0n) is 18.3. The molecule has 34 heavy (non-hydrogen) atoms. The summed E-state index contributed by atoms with van der Waals surface area (Å²) in [6.45, 7) is 0.134. The fourth-order valence-electron chi connectivity index (χ4n) is 4.48. The van der Waals surface area contributed by atoms with Gasteiger partial charge in [0, 0.05) is 24.2 Å². The number of hydrogen-bond acceptors (Lipinski definition) is 5. The summed E-state index contributed by atoms with van der Waals surface area (Å²) < 4.78 is 5.54. The van der Waals surface area contributed by atoms with Crippen LogP contribution in [0.25, 0.3) is 11.1 Å². The number of fused-ring (bicyclic) bond motifs is 3. The van der Waals surface area contributed by atoms with E-state index in [1.165, 1.54) is 12.5 Å². The van der Waals surface area contributed by atoms with Crippen LogP contribution in [0.2, 0.25) is 0 Å². The van der Waals surface area contributed by atoms with Crippen LogP contribution in [0.15, 0.2) is 61.1 Å². The van der Waals surface area contributed by atoms with E-state index in [1.54, 1.807) is 0 Å². The Morgan fingerprint density at radius 3 is 2.29 bits per heavy atom. The number of ether oxygens (including phenoxy) is 1. The predicted octanol–water partition coefficient (Wildman–Crippen LogP) is 2.59. The van der Waals surface area contributed by atoms with Gasteiger partial charge in [-0.2, -0.15) is 0 Å². The first-order valence-electron chi connectivity index (χ1n) is 11.1. The molecular formula is C25H24N4O5. The van der Waals surface area contributed by atoms with Crippen LogP contribution in [0.4, 0.5) is 4.79 Å². The number of carbonyl (C=O) groups is 3. The van der Waals surface area contributed by atoms with Gasteiger partial charge in [-0.05, 0) is 35.1 Å². The second kappa shape index (κ2) is 8.66. The summed E-state index contributed by atoms with van der Waals surface area (Å²) in [6, 6.07) is 14.9. The molecule has 2 aromatic carbocycles. The predicted molar refractivity (Wildman–Crippen MR) is 122 cm³/mol. The number of benzene rings is 2. The van der Waals surface area contributed by atoms with Crippen molar-refractivity contribution in [3.63, 3.8) is 0 Å². The number of nitrogens with zero attached hydrogens (tertiary/aromatic N) is 1. The van der Waals surface area contributed by atoms with Gasteiger partial charge in [0.05, 0.1) is 6.33 Å². The number of aromatic nitrogens is 2. The summed E-state index contributed by atoms with van der Waals surface area (Å²) in [5, 5.41) is 14.7. The molecule has 1 fully saturated rings. The molecular weight excluding hydrogens is 436 g/mol. The van der Waals surface area contributed by atoms with Gasteiger partial charge in [-0.3, -0.25) is 4.79 Å². The van der Waals surface area contributed by atoms with Crippen LogP contribution in [0.1, 0.15) is 35.6 Å². The lowest BCUT2D eigenvalue weighted by Crippen LogP contribution is -2.54. The van der Waals surface area contributed by atoms with Gasteiger partial charge in [0.1, 0.15) is 18.2 Å². The van der Waals surface area contributed by atoms with E-state index in [2.05, 4.69) is 32.7 Å². The maximum Gasteiger partial charge on any atom is 0.408 e. The minimum absolute atomic E-state index is 0.0576. The average molecular weight is 460 g/mol. The van der Waals surface area contributed by atoms with E-state index in [0.29, 0.717) is 18.5 Å². The number of hydrogen-bond donors (Lipinski definition) is 4. The molecule has 5 rings (SSSR count). The summed E-state index contributed by atoms with van der Waals surface area (Å²) in [5.74, 6) is -1.79. The molecule has 9 nitrogen and oxygen atoms in total. The minimum Gasteiger partial charge on any atom is -0.480 e. The van der Waals surface area contributed by atoms with Gasteiger partial charge in [-0.15, -0.1) is 0 Å². The van der Waals surface area contributed by atoms with E-state index >= 15 is 0 Å². The second-order valence-corrected chi connectivity index (χ2v) is 8.68. The van der Waals surface area contributed by atoms with Crippen molar-refractivity contribution in [1.29, 1.82) is 0 Å². The highest BCUT2D eigenvalue weighted by molar-refractivity contribution is 5.95. The molecule has 4 N–H and O–H groups in total. The number of H-pyrrole nitrogens is 1. The number of carboxylic acid groups (broad SMARTS) is 1. The maximum atomic E-state index is 12.8. The van der Waals surface area contributed by atoms with Gasteiger partial charge in [-0.1, -0.05) is 48.5 Å². The van der Waals surface area contributed by atoms with Crippen LogP contribution < -0.4 is 10.6 Å². The Balaban J connectivity index is 1.21. The fourth-order valence-corrected chi connectivity index (χ4v) is 4.48. The van der Waals surface area contributed by atoms with Crippen molar-refractivity contribution in [2.75, 3.05) is 6.61 Å². The van der Waals surface area contributed by atoms with E-state index in [4.69, 9.17) is 4.74 Å². The van der Waals surface area contributed by atoms with E-state index in [-0.39, 0.29) is 18.9 Å². The third kappa shape index (κ3) is 4.12. The molecule has 1 aromatic heterocycles. The molecule has 2 aliphatic carbocycles. The Kier molecular flexibility index (Phi) is 5.53. The normalized spacial score (nSPS) is 16.1. The lowest BCUT2D eigenvalue weighted by Gasteiger charge is -2.21. The first kappa shape index (κ1) is 21.7.